The van der Waals surface area contributed by atoms with Crippen molar-refractivity contribution in [2.45, 2.75) is 26.3 Å². The van der Waals surface area contributed by atoms with Gasteiger partial charge in [0.15, 0.2) is 0 Å². The largest absolute Gasteiger partial charge is 0.339 e. The van der Waals surface area contributed by atoms with Crippen LogP contribution in [-0.2, 0) is 13.0 Å². The second-order valence-electron chi connectivity index (χ2n) is 6.17. The van der Waals surface area contributed by atoms with E-state index < -0.39 is 0 Å². The molecule has 3 aromatic rings. The lowest BCUT2D eigenvalue weighted by Gasteiger charge is -2.07. The highest BCUT2D eigenvalue weighted by atomic mass is 35.5. The Labute approximate surface area is 170 Å². The van der Waals surface area contributed by atoms with Crippen LogP contribution in [0.2, 0.25) is 0 Å². The molecule has 8 heteroatoms. The first-order valence-electron chi connectivity index (χ1n) is 8.93. The summed E-state index contributed by atoms with van der Waals surface area (Å²) in [6.07, 6.45) is 1.42. The number of rotatable bonds is 7. The molecule has 0 aliphatic carbocycles. The second-order valence-corrected chi connectivity index (χ2v) is 6.17. The average molecular weight is 402 g/mol. The third-order valence-corrected chi connectivity index (χ3v) is 4.02. The fourth-order valence-electron chi connectivity index (χ4n) is 2.53. The van der Waals surface area contributed by atoms with Gasteiger partial charge in [-0.1, -0.05) is 48.5 Å². The highest BCUT2D eigenvalue weighted by molar-refractivity contribution is 5.89. The molecule has 1 heterocycles. The number of amides is 2. The van der Waals surface area contributed by atoms with Crippen LogP contribution in [0, 0.1) is 0 Å². The zero-order valence-corrected chi connectivity index (χ0v) is 16.5. The molecule has 0 spiro atoms. The van der Waals surface area contributed by atoms with Crippen molar-refractivity contribution in [1.82, 2.24) is 15.5 Å². The Morgan fingerprint density at radius 2 is 1.75 bits per heavy atom. The van der Waals surface area contributed by atoms with Crippen LogP contribution in [0.4, 0.5) is 10.5 Å². The maximum atomic E-state index is 11.7. The van der Waals surface area contributed by atoms with E-state index in [2.05, 4.69) is 20.8 Å². The molecule has 1 aromatic heterocycles. The van der Waals surface area contributed by atoms with Crippen molar-refractivity contribution < 1.29 is 9.32 Å². The lowest BCUT2D eigenvalue weighted by Crippen LogP contribution is -2.29. The summed E-state index contributed by atoms with van der Waals surface area (Å²) in [5.74, 6) is 1.09. The fraction of sp³-hybridized carbons (Fsp3) is 0.250. The molecule has 3 rings (SSSR count). The standard InChI is InChI=1S/C20H23N5O2.ClH/c1-2-11-22-20(26)23-17-9-5-14(6-10-17)12-18-24-19(25-27-18)16-7-3-15(13-21)4-8-16;/h3-10H,2,11-13,21H2,1H3,(H2,22,23,26);1H. The lowest BCUT2D eigenvalue weighted by molar-refractivity contribution is 0.252. The average Bonchev–Trinajstić information content (AvgIpc) is 3.16. The van der Waals surface area contributed by atoms with Gasteiger partial charge in [-0.05, 0) is 29.7 Å². The Balaban J connectivity index is 0.00000280. The summed E-state index contributed by atoms with van der Waals surface area (Å²) in [7, 11) is 0. The number of benzene rings is 2. The number of carbonyl (C=O) groups is 1. The number of halogens is 1. The van der Waals surface area contributed by atoms with Gasteiger partial charge in [0, 0.05) is 24.3 Å². The number of nitrogens with two attached hydrogens (primary N) is 1. The maximum Gasteiger partial charge on any atom is 0.319 e. The Hall–Kier alpha value is -2.90. The molecule has 0 fully saturated rings. The Kier molecular flexibility index (Phi) is 7.98. The van der Waals surface area contributed by atoms with Gasteiger partial charge in [0.25, 0.3) is 0 Å². The van der Waals surface area contributed by atoms with Crippen LogP contribution in [0.25, 0.3) is 11.4 Å². The van der Waals surface area contributed by atoms with Gasteiger partial charge in [-0.25, -0.2) is 4.79 Å². The van der Waals surface area contributed by atoms with Gasteiger partial charge in [-0.2, -0.15) is 4.98 Å². The van der Waals surface area contributed by atoms with Crippen molar-refractivity contribution in [3.8, 4) is 11.4 Å². The molecule has 28 heavy (non-hydrogen) atoms. The zero-order valence-electron chi connectivity index (χ0n) is 15.6. The van der Waals surface area contributed by atoms with Crippen LogP contribution >= 0.6 is 12.4 Å². The van der Waals surface area contributed by atoms with Crippen molar-refractivity contribution in [3.63, 3.8) is 0 Å². The van der Waals surface area contributed by atoms with Gasteiger partial charge in [-0.3, -0.25) is 0 Å². The van der Waals surface area contributed by atoms with E-state index in [-0.39, 0.29) is 18.4 Å². The molecule has 2 aromatic carbocycles. The highest BCUT2D eigenvalue weighted by Crippen LogP contribution is 2.18. The van der Waals surface area contributed by atoms with E-state index in [0.29, 0.717) is 31.2 Å². The molecule has 2 amide bonds. The van der Waals surface area contributed by atoms with Crippen molar-refractivity contribution >= 4 is 24.1 Å². The number of hydrogen-bond donors (Lipinski definition) is 3. The van der Waals surface area contributed by atoms with Crippen molar-refractivity contribution in [2.24, 2.45) is 5.73 Å². The molecule has 0 atom stereocenters. The minimum atomic E-state index is -0.202. The van der Waals surface area contributed by atoms with Gasteiger partial charge in [0.05, 0.1) is 6.42 Å². The summed E-state index contributed by atoms with van der Waals surface area (Å²) in [4.78, 5) is 16.1. The highest BCUT2D eigenvalue weighted by Gasteiger charge is 2.09. The van der Waals surface area contributed by atoms with Gasteiger partial charge in [-0.15, -0.1) is 12.4 Å². The first kappa shape index (κ1) is 21.4. The summed E-state index contributed by atoms with van der Waals surface area (Å²) in [6, 6.07) is 15.1. The number of urea groups is 1. The first-order valence-corrected chi connectivity index (χ1v) is 8.93. The molecular formula is C20H24ClN5O2. The topological polar surface area (TPSA) is 106 Å². The summed E-state index contributed by atoms with van der Waals surface area (Å²) in [5, 5.41) is 9.60. The smallest absolute Gasteiger partial charge is 0.319 e. The molecule has 0 bridgehead atoms. The minimum Gasteiger partial charge on any atom is -0.339 e. The Bertz CT molecular complexity index is 878. The predicted octanol–water partition coefficient (Wildman–Crippen LogP) is 3.74. The van der Waals surface area contributed by atoms with Crippen LogP contribution in [0.1, 0.15) is 30.4 Å². The van der Waals surface area contributed by atoms with E-state index in [4.69, 9.17) is 10.3 Å². The molecule has 0 radical (unpaired) electrons. The third-order valence-electron chi connectivity index (χ3n) is 4.02. The number of hydrogen-bond acceptors (Lipinski definition) is 5. The van der Waals surface area contributed by atoms with Gasteiger partial charge >= 0.3 is 6.03 Å². The SMILES string of the molecule is CCCNC(=O)Nc1ccc(Cc2nc(-c3ccc(CN)cc3)no2)cc1.Cl. The van der Waals surface area contributed by atoms with E-state index in [9.17, 15) is 4.79 Å². The maximum absolute atomic E-state index is 11.7. The zero-order chi connectivity index (χ0) is 19.1. The number of aromatic nitrogens is 2. The van der Waals surface area contributed by atoms with Crippen LogP contribution in [0.3, 0.4) is 0 Å². The summed E-state index contributed by atoms with van der Waals surface area (Å²) >= 11 is 0. The molecule has 0 aliphatic heterocycles. The monoisotopic (exact) mass is 401 g/mol. The fourth-order valence-corrected chi connectivity index (χ4v) is 2.53. The molecular weight excluding hydrogens is 378 g/mol. The molecule has 0 unspecified atom stereocenters. The lowest BCUT2D eigenvalue weighted by atomic mass is 10.1. The van der Waals surface area contributed by atoms with Crippen molar-refractivity contribution in [2.75, 3.05) is 11.9 Å². The normalized spacial score (nSPS) is 10.2. The number of anilines is 1. The Morgan fingerprint density at radius 3 is 2.39 bits per heavy atom. The third kappa shape index (κ3) is 5.80. The quantitative estimate of drug-likeness (QED) is 0.559. The second kappa shape index (κ2) is 10.4. The molecule has 0 saturated carbocycles. The van der Waals surface area contributed by atoms with Crippen LogP contribution in [-0.4, -0.2) is 22.7 Å². The van der Waals surface area contributed by atoms with Gasteiger partial charge < -0.3 is 20.9 Å². The van der Waals surface area contributed by atoms with E-state index >= 15 is 0 Å². The Morgan fingerprint density at radius 1 is 1.07 bits per heavy atom. The van der Waals surface area contributed by atoms with Crippen LogP contribution in [0.5, 0.6) is 0 Å². The number of nitrogens with zero attached hydrogens (tertiary/aromatic N) is 2. The summed E-state index contributed by atoms with van der Waals surface area (Å²) in [6.45, 7) is 3.16. The van der Waals surface area contributed by atoms with Gasteiger partial charge in [0.1, 0.15) is 0 Å². The minimum absolute atomic E-state index is 0. The van der Waals surface area contributed by atoms with E-state index in [1.54, 1.807) is 0 Å². The van der Waals surface area contributed by atoms with E-state index in [1.807, 2.05) is 55.5 Å². The van der Waals surface area contributed by atoms with Crippen molar-refractivity contribution in [1.29, 1.82) is 0 Å². The van der Waals surface area contributed by atoms with Crippen LogP contribution < -0.4 is 16.4 Å². The van der Waals surface area contributed by atoms with E-state index in [1.165, 1.54) is 0 Å². The summed E-state index contributed by atoms with van der Waals surface area (Å²) in [5.41, 5.74) is 9.31. The first-order chi connectivity index (χ1) is 13.2. The number of carbonyl (C=O) groups excluding carboxylic acids is 1. The molecule has 0 aliphatic rings. The summed E-state index contributed by atoms with van der Waals surface area (Å²) < 4.78 is 5.35. The predicted molar refractivity (Wildman–Crippen MR) is 111 cm³/mol. The van der Waals surface area contributed by atoms with Crippen LogP contribution in [0.15, 0.2) is 53.1 Å². The van der Waals surface area contributed by atoms with Gasteiger partial charge in [0.2, 0.25) is 11.7 Å². The molecule has 0 saturated heterocycles. The molecule has 7 nitrogen and oxygen atoms in total. The molecule has 4 N–H and O–H groups in total. The van der Waals surface area contributed by atoms with Crippen molar-refractivity contribution in [3.05, 3.63) is 65.5 Å². The number of nitrogens with one attached hydrogen (secondary N) is 2. The van der Waals surface area contributed by atoms with E-state index in [0.717, 1.165) is 28.8 Å². The molecule has 148 valence electrons.